The summed E-state index contributed by atoms with van der Waals surface area (Å²) in [7, 11) is -3.09. The van der Waals surface area contributed by atoms with Crippen LogP contribution >= 0.6 is 7.29 Å². The molecule has 0 spiro atoms. The van der Waals surface area contributed by atoms with Gasteiger partial charge in [-0.2, -0.15) is 20.3 Å². The highest BCUT2D eigenvalue weighted by Crippen LogP contribution is 2.48. The van der Waals surface area contributed by atoms with Crippen molar-refractivity contribution in [2.24, 2.45) is 47.3 Å². The van der Waals surface area contributed by atoms with Gasteiger partial charge in [-0.15, -0.1) is 0 Å². The van der Waals surface area contributed by atoms with Crippen LogP contribution in [0.3, 0.4) is 0 Å². The van der Waals surface area contributed by atoms with Crippen molar-refractivity contribution in [1.82, 2.24) is 62.6 Å². The molecule has 27 nitrogen and oxygen atoms in total. The monoisotopic (exact) mass is 1880 g/mol. The summed E-state index contributed by atoms with van der Waals surface area (Å²) < 4.78 is 30.7. The van der Waals surface area contributed by atoms with Gasteiger partial charge in [0, 0.05) is 123 Å². The van der Waals surface area contributed by atoms with Gasteiger partial charge < -0.3 is 72.3 Å². The Morgan fingerprint density at radius 1 is 0.410 bits per heavy atom. The van der Waals surface area contributed by atoms with Gasteiger partial charge in [0.2, 0.25) is 30.9 Å². The lowest BCUT2D eigenvalue weighted by molar-refractivity contribution is -0.246. The maximum atomic E-state index is 14.5. The first kappa shape index (κ1) is 113. The molecule has 0 aromatic heterocycles. The first-order valence-corrected chi connectivity index (χ1v) is 50.9. The number of nitrogens with zero attached hydrogens (tertiary/aromatic N) is 4. The van der Waals surface area contributed by atoms with E-state index in [1.807, 2.05) is 264 Å². The average molecular weight is 1880 g/mol. The summed E-state index contributed by atoms with van der Waals surface area (Å²) in [6, 6.07) is 38.1. The number of hydroxylamine groups is 8. The lowest BCUT2D eigenvalue weighted by Gasteiger charge is -2.51. The molecule has 4 heterocycles. The molecule has 28 heteroatoms. The molecular weight excluding hydrogens is 1710 g/mol. The third-order valence-corrected chi connectivity index (χ3v) is 29.0. The maximum Gasteiger partial charge on any atom is 0.407 e. The number of benzene rings is 4. The molecule has 4 aromatic carbocycles. The van der Waals surface area contributed by atoms with Crippen LogP contribution in [0.15, 0.2) is 146 Å². The van der Waals surface area contributed by atoms with Gasteiger partial charge in [0.15, 0.2) is 0 Å². The summed E-state index contributed by atoms with van der Waals surface area (Å²) in [5, 5.41) is 74.0. The summed E-state index contributed by atoms with van der Waals surface area (Å²) in [4.78, 5) is 87.8. The molecule has 6 fully saturated rings. The van der Waals surface area contributed by atoms with E-state index in [-0.39, 0.29) is 139 Å². The zero-order valence-electron chi connectivity index (χ0n) is 85.8. The van der Waals surface area contributed by atoms with E-state index in [1.54, 1.807) is 6.08 Å². The van der Waals surface area contributed by atoms with Gasteiger partial charge in [0.1, 0.15) is 18.8 Å². The zero-order valence-corrected chi connectivity index (χ0v) is 86.7. The van der Waals surface area contributed by atoms with Crippen molar-refractivity contribution >= 4 is 59.8 Å². The van der Waals surface area contributed by atoms with Crippen LogP contribution < -0.4 is 52.9 Å². The van der Waals surface area contributed by atoms with Crippen LogP contribution in [0.5, 0.6) is 0 Å². The third-order valence-electron chi connectivity index (χ3n) is 26.2. The second-order valence-electron chi connectivity index (χ2n) is 45.9. The Bertz CT molecular complexity index is 4370. The predicted octanol–water partition coefficient (Wildman–Crippen LogP) is 19.2. The van der Waals surface area contributed by atoms with E-state index in [2.05, 4.69) is 97.7 Å². The standard InChI is InChI=1S/C30H44N3O3P.2C26H41N3O4.C24H45N3O4/c1-23(2)20-24(32-37(36,26-15-9-7-10-16-26)27-17-11-8-12-18-27)14-13-19-28(34)31-25-21-29(3,4)33(35)30(5,6)22-25;1-17(2)11-23(28-25(31)33-16-19-9-7-6-8-10-19)22-13-20(22)14-24(30)27-21-12-18(3)29(32)26(4,5)15-21;1-19(2)15-21(28-24(31)33-18-20-11-8-7-9-12-20)13-10-14-23(30)27-22-16-25(3,4)29(32)26(5,6)17-22;1-15(2)10-19(26-21(29)31-22(3,4)5)18-11-16(18)12-20(28)25-17-13-23(6,7)27(30)24(8,9)14-17/h7-18,23-25,35H,19-22H2,1-6H3,(H,31,34)(H,32,36);6-10,17-18,20-23,32H,11-16H2,1-5H3,(H,27,30)(H,28,31);7-13,19,21-22,32H,14-18H2,1-6H3,(H,27,30)(H,28,31);15-19,30H,10-14H2,1-9H3,(H,25,28)(H,26,29)/b14-13-;;13-10-;. The maximum absolute atomic E-state index is 14.5. The van der Waals surface area contributed by atoms with Gasteiger partial charge in [-0.05, 0) is 297 Å². The number of amides is 7. The molecule has 2 saturated carbocycles. The van der Waals surface area contributed by atoms with Crippen LogP contribution in [-0.2, 0) is 51.2 Å². The molecule has 10 unspecified atom stereocenters. The summed E-state index contributed by atoms with van der Waals surface area (Å²) in [6.07, 6.45) is 18.5. The van der Waals surface area contributed by atoms with Crippen molar-refractivity contribution in [2.75, 3.05) is 0 Å². The number of carbonyl (C=O) groups excluding carboxylic acids is 7. The number of hydrogen-bond donors (Lipinski definition) is 12. The highest BCUT2D eigenvalue weighted by Gasteiger charge is 2.51. The molecule has 134 heavy (non-hydrogen) atoms. The topological polar surface area (TPSA) is 354 Å². The normalized spacial score (nSPS) is 23.1. The Labute approximate surface area is 802 Å². The van der Waals surface area contributed by atoms with Crippen molar-refractivity contribution in [2.45, 2.75) is 408 Å². The van der Waals surface area contributed by atoms with Crippen molar-refractivity contribution in [3.63, 3.8) is 0 Å². The van der Waals surface area contributed by atoms with Gasteiger partial charge in [-0.1, -0.05) is 177 Å². The molecule has 4 aromatic rings. The first-order valence-electron chi connectivity index (χ1n) is 49.2. The fraction of sp³-hybridized carbons (Fsp3) is 0.670. The second-order valence-corrected chi connectivity index (χ2v) is 48.5. The fourth-order valence-corrected chi connectivity index (χ4v) is 23.0. The van der Waals surface area contributed by atoms with Gasteiger partial charge in [0.25, 0.3) is 0 Å². The van der Waals surface area contributed by atoms with Crippen LogP contribution in [0, 0.1) is 47.3 Å². The Morgan fingerprint density at radius 3 is 1.06 bits per heavy atom. The Balaban J connectivity index is 0.000000244. The summed E-state index contributed by atoms with van der Waals surface area (Å²) in [5.41, 5.74) is -1.44. The zero-order chi connectivity index (χ0) is 99.9. The molecule has 0 radical (unpaired) electrons. The van der Waals surface area contributed by atoms with E-state index in [4.69, 9.17) is 14.2 Å². The lowest BCUT2D eigenvalue weighted by Crippen LogP contribution is -2.63. The number of hydrogen-bond acceptors (Lipinski definition) is 19. The minimum atomic E-state index is -3.09. The van der Waals surface area contributed by atoms with Crippen LogP contribution in [0.4, 0.5) is 14.4 Å². The number of carbonyl (C=O) groups is 7. The number of rotatable bonds is 35. The van der Waals surface area contributed by atoms with Crippen molar-refractivity contribution in [1.29, 1.82) is 0 Å². The Morgan fingerprint density at radius 2 is 0.716 bits per heavy atom. The van der Waals surface area contributed by atoms with Gasteiger partial charge in [-0.25, -0.2) is 14.4 Å². The van der Waals surface area contributed by atoms with E-state index >= 15 is 0 Å². The summed E-state index contributed by atoms with van der Waals surface area (Å²) in [5.74, 6) is 2.85. The molecule has 4 aliphatic heterocycles. The second kappa shape index (κ2) is 49.5. The molecule has 4 saturated heterocycles. The van der Waals surface area contributed by atoms with Crippen LogP contribution in [0.2, 0.25) is 0 Å². The van der Waals surface area contributed by atoms with Crippen LogP contribution in [-0.4, -0.2) is 182 Å². The third kappa shape index (κ3) is 37.0. The van der Waals surface area contributed by atoms with Crippen molar-refractivity contribution in [3.05, 3.63) is 157 Å². The predicted molar refractivity (Wildman–Crippen MR) is 532 cm³/mol. The molecular formula is C106H171N12O15P. The molecule has 6 aliphatic rings. The molecule has 10 atom stereocenters. The summed E-state index contributed by atoms with van der Waals surface area (Å²) >= 11 is 0. The van der Waals surface area contributed by atoms with E-state index in [1.165, 1.54) is 20.3 Å². The largest absolute Gasteiger partial charge is 0.445 e. The molecule has 750 valence electrons. The quantitative estimate of drug-likeness (QED) is 0.0116. The van der Waals surface area contributed by atoms with Gasteiger partial charge in [-0.3, -0.25) is 28.8 Å². The molecule has 7 amide bonds. The Kier molecular flexibility index (Phi) is 41.7. The van der Waals surface area contributed by atoms with E-state index in [9.17, 15) is 59.0 Å². The lowest BCUT2D eigenvalue weighted by atomic mass is 9.79. The number of nitrogens with one attached hydrogen (secondary N) is 8. The number of piperidine rings is 4. The van der Waals surface area contributed by atoms with Gasteiger partial charge >= 0.3 is 18.3 Å². The van der Waals surface area contributed by atoms with Crippen molar-refractivity contribution in [3.8, 4) is 0 Å². The highest BCUT2D eigenvalue weighted by molar-refractivity contribution is 7.77. The van der Waals surface area contributed by atoms with Gasteiger partial charge in [0.05, 0.1) is 6.04 Å². The smallest absolute Gasteiger partial charge is 0.407 e. The van der Waals surface area contributed by atoms with Crippen molar-refractivity contribution < 1.29 is 73.2 Å². The first-order chi connectivity index (χ1) is 62.3. The minimum Gasteiger partial charge on any atom is -0.445 e. The SMILES string of the molecule is CC(C)CC(/C=C\CC(=O)NC1CC(C)(C)N(O)C(C)(C)C1)NC(=O)OCc1ccccc1.CC(C)CC(/C=C\CC(=O)NC1CC(C)(C)N(O)C(C)(C)C1)NP(=O)(c1ccccc1)c1ccccc1.CC(C)CC(NC(=O)OC(C)(C)C)C1CC1CC(=O)NC1CC(C)(C)N(O)C(C)(C)C1.CC(C)CC(NC(=O)OCc1ccccc1)C1CC1CC(=O)NC1CC(C)N(O)C(C)(C)C1. The molecule has 2 aliphatic carbocycles. The fourth-order valence-electron chi connectivity index (χ4n) is 20.6. The number of ether oxygens (including phenoxy) is 3. The molecule has 10 rings (SSSR count). The number of alkyl carbamates (subject to hydrolysis) is 3. The van der Waals surface area contributed by atoms with E-state index in [0.29, 0.717) is 86.9 Å². The van der Waals surface area contributed by atoms with E-state index < -0.39 is 47.2 Å². The Hall–Kier alpha value is -8.08. The minimum absolute atomic E-state index is 0.00292. The highest BCUT2D eigenvalue weighted by atomic mass is 31.2. The van der Waals surface area contributed by atoms with Crippen LogP contribution in [0.1, 0.15) is 307 Å². The summed E-state index contributed by atoms with van der Waals surface area (Å²) in [6.45, 7) is 52.9. The van der Waals surface area contributed by atoms with E-state index in [0.717, 1.165) is 73.1 Å². The molecule has 0 bridgehead atoms. The van der Waals surface area contributed by atoms with Crippen LogP contribution in [0.25, 0.3) is 0 Å². The molecule has 12 N–H and O–H groups in total. The average Bonchev–Trinajstić information content (AvgIpc) is 1.28.